The van der Waals surface area contributed by atoms with Gasteiger partial charge in [-0.25, -0.2) is 0 Å². The van der Waals surface area contributed by atoms with E-state index in [-0.39, 0.29) is 11.7 Å². The van der Waals surface area contributed by atoms with Crippen molar-refractivity contribution in [2.24, 2.45) is 0 Å². The van der Waals surface area contributed by atoms with Crippen LogP contribution in [0.5, 0.6) is 5.75 Å². The summed E-state index contributed by atoms with van der Waals surface area (Å²) in [4.78, 5) is 12.1. The van der Waals surface area contributed by atoms with Gasteiger partial charge in [0.1, 0.15) is 0 Å². The van der Waals surface area contributed by atoms with E-state index in [4.69, 9.17) is 5.73 Å². The highest BCUT2D eigenvalue weighted by Crippen LogP contribution is 2.32. The van der Waals surface area contributed by atoms with Crippen molar-refractivity contribution in [2.75, 3.05) is 11.1 Å². The molecule has 4 N–H and O–H groups in total. The van der Waals surface area contributed by atoms with E-state index in [9.17, 15) is 9.90 Å². The predicted molar refractivity (Wildman–Crippen MR) is 82.3 cm³/mol. The van der Waals surface area contributed by atoms with Crippen LogP contribution in [0.25, 0.3) is 0 Å². The molecule has 0 unspecified atom stereocenters. The summed E-state index contributed by atoms with van der Waals surface area (Å²) in [6.07, 6.45) is 0. The number of nitrogens with one attached hydrogen (secondary N) is 1. The number of carbonyl (C=O) groups excluding carboxylic acids is 1. The summed E-state index contributed by atoms with van der Waals surface area (Å²) in [6.45, 7) is 0. The Labute approximate surface area is 126 Å². The number of benzene rings is 2. The van der Waals surface area contributed by atoms with Crippen molar-refractivity contribution in [1.29, 1.82) is 0 Å². The zero-order valence-corrected chi connectivity index (χ0v) is 12.8. The number of aromatic hydroxyl groups is 1. The van der Waals surface area contributed by atoms with Gasteiger partial charge in [-0.3, -0.25) is 4.79 Å². The van der Waals surface area contributed by atoms with Gasteiger partial charge in [-0.15, -0.1) is 0 Å². The average molecular weight is 386 g/mol. The summed E-state index contributed by atoms with van der Waals surface area (Å²) >= 11 is 6.48. The van der Waals surface area contributed by atoms with Gasteiger partial charge in [0.05, 0.1) is 15.7 Å². The zero-order valence-electron chi connectivity index (χ0n) is 9.65. The zero-order chi connectivity index (χ0) is 14.0. The molecule has 0 atom stereocenters. The molecule has 4 nitrogen and oxygen atoms in total. The predicted octanol–water partition coefficient (Wildman–Crippen LogP) is 3.75. The molecule has 2 rings (SSSR count). The molecule has 98 valence electrons. The number of carbonyl (C=O) groups is 1. The van der Waals surface area contributed by atoms with Crippen LogP contribution in [0.3, 0.4) is 0 Å². The maximum Gasteiger partial charge on any atom is 0.256 e. The van der Waals surface area contributed by atoms with E-state index in [2.05, 4.69) is 37.2 Å². The molecule has 0 spiro atoms. The molecule has 2 aromatic rings. The number of anilines is 2. The summed E-state index contributed by atoms with van der Waals surface area (Å²) in [6, 6.07) is 9.96. The Kier molecular flexibility index (Phi) is 4.11. The standard InChI is InChI=1S/C13H10Br2N2O2/c14-9-5-4-7(16)6-8(9)13(19)17-11-3-1-2-10(15)12(11)18/h1-6,18H,16H2,(H,17,19). The monoisotopic (exact) mass is 384 g/mol. The molecular weight excluding hydrogens is 376 g/mol. The SMILES string of the molecule is Nc1ccc(Br)c(C(=O)Nc2cccc(Br)c2O)c1. The summed E-state index contributed by atoms with van der Waals surface area (Å²) in [7, 11) is 0. The van der Waals surface area contributed by atoms with Gasteiger partial charge in [0.25, 0.3) is 5.91 Å². The number of rotatable bonds is 2. The Balaban J connectivity index is 2.31. The number of para-hydroxylation sites is 1. The number of phenols is 1. The van der Waals surface area contributed by atoms with E-state index in [0.29, 0.717) is 25.9 Å². The minimum Gasteiger partial charge on any atom is -0.505 e. The average Bonchev–Trinajstić information content (AvgIpc) is 2.38. The molecule has 19 heavy (non-hydrogen) atoms. The number of hydrogen-bond acceptors (Lipinski definition) is 3. The van der Waals surface area contributed by atoms with Gasteiger partial charge in [-0.1, -0.05) is 6.07 Å². The molecule has 0 aromatic heterocycles. The first-order valence-corrected chi connectivity index (χ1v) is 6.91. The number of nitrogens with two attached hydrogens (primary N) is 1. The number of hydrogen-bond donors (Lipinski definition) is 3. The molecule has 0 fully saturated rings. The number of phenolic OH excluding ortho intramolecular Hbond substituents is 1. The van der Waals surface area contributed by atoms with E-state index < -0.39 is 0 Å². The van der Waals surface area contributed by atoms with Crippen LogP contribution in [-0.2, 0) is 0 Å². The second-order valence-electron chi connectivity index (χ2n) is 3.83. The Morgan fingerprint density at radius 2 is 1.89 bits per heavy atom. The second kappa shape index (κ2) is 5.63. The first-order chi connectivity index (χ1) is 8.99. The lowest BCUT2D eigenvalue weighted by Crippen LogP contribution is -2.13. The van der Waals surface area contributed by atoms with Crippen molar-refractivity contribution in [3.63, 3.8) is 0 Å². The van der Waals surface area contributed by atoms with E-state index in [1.165, 1.54) is 0 Å². The fourth-order valence-electron chi connectivity index (χ4n) is 1.52. The lowest BCUT2D eigenvalue weighted by molar-refractivity contribution is 0.102. The third kappa shape index (κ3) is 3.08. The molecule has 0 aliphatic carbocycles. The van der Waals surface area contributed by atoms with Gasteiger partial charge in [0.15, 0.2) is 5.75 Å². The van der Waals surface area contributed by atoms with Crippen LogP contribution < -0.4 is 11.1 Å². The summed E-state index contributed by atoms with van der Waals surface area (Å²) < 4.78 is 1.14. The summed E-state index contributed by atoms with van der Waals surface area (Å²) in [5.74, 6) is -0.372. The molecule has 0 saturated heterocycles. The van der Waals surface area contributed by atoms with Crippen LogP contribution in [0, 0.1) is 0 Å². The fourth-order valence-corrected chi connectivity index (χ4v) is 2.32. The quantitative estimate of drug-likeness (QED) is 0.544. The molecule has 0 saturated carbocycles. The van der Waals surface area contributed by atoms with E-state index in [0.717, 1.165) is 0 Å². The highest BCUT2D eigenvalue weighted by Gasteiger charge is 2.13. The fraction of sp³-hybridized carbons (Fsp3) is 0. The summed E-state index contributed by atoms with van der Waals surface area (Å²) in [5, 5.41) is 12.5. The van der Waals surface area contributed by atoms with E-state index >= 15 is 0 Å². The van der Waals surface area contributed by atoms with Crippen molar-refractivity contribution in [3.05, 3.63) is 50.9 Å². The van der Waals surface area contributed by atoms with Crippen molar-refractivity contribution < 1.29 is 9.90 Å². The maximum atomic E-state index is 12.1. The Bertz CT molecular complexity index is 645. The third-order valence-electron chi connectivity index (χ3n) is 2.47. The van der Waals surface area contributed by atoms with E-state index in [1.54, 1.807) is 36.4 Å². The number of halogens is 2. The smallest absolute Gasteiger partial charge is 0.256 e. The minimum absolute atomic E-state index is 0.0177. The largest absolute Gasteiger partial charge is 0.505 e. The van der Waals surface area contributed by atoms with Gasteiger partial charge >= 0.3 is 0 Å². The minimum atomic E-state index is -0.354. The van der Waals surface area contributed by atoms with Crippen LogP contribution in [0.1, 0.15) is 10.4 Å². The Hall–Kier alpha value is -1.53. The van der Waals surface area contributed by atoms with Gasteiger partial charge in [0.2, 0.25) is 0 Å². The second-order valence-corrected chi connectivity index (χ2v) is 5.54. The van der Waals surface area contributed by atoms with Crippen LogP contribution in [0.15, 0.2) is 45.3 Å². The van der Waals surface area contributed by atoms with Gasteiger partial charge < -0.3 is 16.2 Å². The number of nitrogen functional groups attached to an aromatic ring is 1. The van der Waals surface area contributed by atoms with Gasteiger partial charge in [0, 0.05) is 10.2 Å². The molecule has 2 aromatic carbocycles. The Morgan fingerprint density at radius 3 is 2.63 bits per heavy atom. The lowest BCUT2D eigenvalue weighted by Gasteiger charge is -2.10. The molecule has 0 heterocycles. The van der Waals surface area contributed by atoms with Crippen molar-refractivity contribution >= 4 is 49.1 Å². The highest BCUT2D eigenvalue weighted by atomic mass is 79.9. The molecule has 1 amide bonds. The molecule has 0 radical (unpaired) electrons. The van der Waals surface area contributed by atoms with Crippen molar-refractivity contribution in [2.45, 2.75) is 0 Å². The molecule has 6 heteroatoms. The van der Waals surface area contributed by atoms with Gasteiger partial charge in [-0.05, 0) is 62.2 Å². The van der Waals surface area contributed by atoms with Crippen LogP contribution in [0.2, 0.25) is 0 Å². The molecule has 0 aliphatic heterocycles. The third-order valence-corrected chi connectivity index (χ3v) is 3.80. The summed E-state index contributed by atoms with van der Waals surface area (Å²) in [5.41, 5.74) is 6.88. The number of amides is 1. The normalized spacial score (nSPS) is 10.2. The van der Waals surface area contributed by atoms with Crippen LogP contribution in [0.4, 0.5) is 11.4 Å². The van der Waals surface area contributed by atoms with Crippen LogP contribution in [-0.4, -0.2) is 11.0 Å². The molecular formula is C13H10Br2N2O2. The van der Waals surface area contributed by atoms with Crippen molar-refractivity contribution in [3.8, 4) is 5.75 Å². The van der Waals surface area contributed by atoms with Crippen molar-refractivity contribution in [1.82, 2.24) is 0 Å². The molecule has 0 bridgehead atoms. The topological polar surface area (TPSA) is 75.4 Å². The Morgan fingerprint density at radius 1 is 1.16 bits per heavy atom. The maximum absolute atomic E-state index is 12.1. The highest BCUT2D eigenvalue weighted by molar-refractivity contribution is 9.10. The van der Waals surface area contributed by atoms with Crippen LogP contribution >= 0.6 is 31.9 Å². The van der Waals surface area contributed by atoms with E-state index in [1.807, 2.05) is 0 Å². The van der Waals surface area contributed by atoms with Gasteiger partial charge in [-0.2, -0.15) is 0 Å². The first-order valence-electron chi connectivity index (χ1n) is 5.33. The molecule has 0 aliphatic rings. The first kappa shape index (κ1) is 13.9. The lowest BCUT2D eigenvalue weighted by atomic mass is 10.2.